The molecule has 2 nitrogen and oxygen atoms in total. The first kappa shape index (κ1) is 17.2. The molecule has 0 aliphatic rings. The molecule has 0 spiro atoms. The second-order valence-electron chi connectivity index (χ2n) is 6.39. The smallest absolute Gasteiger partial charge is 0.0478 e. The summed E-state index contributed by atoms with van der Waals surface area (Å²) in [7, 11) is 2.08. The van der Waals surface area contributed by atoms with Gasteiger partial charge >= 0.3 is 0 Å². The lowest BCUT2D eigenvalue weighted by Crippen LogP contribution is -2.48. The molecule has 0 aromatic heterocycles. The molecule has 2 atom stereocenters. The van der Waals surface area contributed by atoms with Crippen LogP contribution in [0.1, 0.15) is 46.2 Å². The largest absolute Gasteiger partial charge is 0.312 e. The van der Waals surface area contributed by atoms with Gasteiger partial charge in [-0.15, -0.1) is 0 Å². The molecule has 0 heterocycles. The quantitative estimate of drug-likeness (QED) is 0.773. The minimum atomic E-state index is 0.384. The van der Waals surface area contributed by atoms with Crippen LogP contribution in [0, 0.1) is 11.8 Å². The topological polar surface area (TPSA) is 15.3 Å². The molecule has 1 N–H and O–H groups in total. The first-order valence-electron chi connectivity index (χ1n) is 7.97. The van der Waals surface area contributed by atoms with Crippen LogP contribution in [0.4, 0.5) is 0 Å². The minimum absolute atomic E-state index is 0.384. The van der Waals surface area contributed by atoms with Crippen molar-refractivity contribution in [2.45, 2.75) is 46.7 Å². The van der Waals surface area contributed by atoms with E-state index in [9.17, 15) is 0 Å². The van der Waals surface area contributed by atoms with Crippen molar-refractivity contribution in [2.75, 3.05) is 20.1 Å². The minimum Gasteiger partial charge on any atom is -0.312 e. The number of hydrogen-bond acceptors (Lipinski definition) is 2. The zero-order valence-corrected chi connectivity index (χ0v) is 14.1. The van der Waals surface area contributed by atoms with Gasteiger partial charge in [0.25, 0.3) is 0 Å². The predicted molar refractivity (Wildman–Crippen MR) is 89.0 cm³/mol. The van der Waals surface area contributed by atoms with E-state index in [0.29, 0.717) is 23.9 Å². The number of hydrogen-bond donors (Lipinski definition) is 1. The molecule has 0 aliphatic heterocycles. The summed E-state index contributed by atoms with van der Waals surface area (Å²) in [4.78, 5) is 2.63. The van der Waals surface area contributed by atoms with Gasteiger partial charge in [0.2, 0.25) is 0 Å². The van der Waals surface area contributed by atoms with Crippen LogP contribution >= 0.6 is 0 Å². The summed E-state index contributed by atoms with van der Waals surface area (Å²) >= 11 is 0. The number of nitrogens with zero attached hydrogens (tertiary/aromatic N) is 1. The van der Waals surface area contributed by atoms with Crippen molar-refractivity contribution < 1.29 is 0 Å². The van der Waals surface area contributed by atoms with Gasteiger partial charge in [-0.05, 0) is 31.0 Å². The van der Waals surface area contributed by atoms with Crippen LogP contribution in [0.3, 0.4) is 0 Å². The summed E-state index contributed by atoms with van der Waals surface area (Å²) in [6.45, 7) is 13.8. The van der Waals surface area contributed by atoms with E-state index in [-0.39, 0.29) is 0 Å². The zero-order valence-electron chi connectivity index (χ0n) is 14.1. The number of nitrogens with one attached hydrogen (secondary N) is 1. The van der Waals surface area contributed by atoms with Gasteiger partial charge in [0.05, 0.1) is 0 Å². The normalized spacial score (nSPS) is 15.1. The maximum absolute atomic E-state index is 3.55. The summed E-state index contributed by atoms with van der Waals surface area (Å²) < 4.78 is 0. The van der Waals surface area contributed by atoms with Crippen molar-refractivity contribution in [3.8, 4) is 0 Å². The monoisotopic (exact) mass is 276 g/mol. The van der Waals surface area contributed by atoms with E-state index in [0.717, 1.165) is 13.1 Å². The van der Waals surface area contributed by atoms with E-state index in [2.05, 4.69) is 82.2 Å². The molecule has 0 amide bonds. The van der Waals surface area contributed by atoms with E-state index in [1.165, 1.54) is 5.56 Å². The van der Waals surface area contributed by atoms with Crippen LogP contribution < -0.4 is 5.32 Å². The lowest BCUT2D eigenvalue weighted by atomic mass is 9.89. The van der Waals surface area contributed by atoms with E-state index in [4.69, 9.17) is 0 Å². The average Bonchev–Trinajstić information content (AvgIpc) is 2.42. The van der Waals surface area contributed by atoms with Crippen molar-refractivity contribution in [1.29, 1.82) is 0 Å². The van der Waals surface area contributed by atoms with Crippen LogP contribution in [0.2, 0.25) is 0 Å². The van der Waals surface area contributed by atoms with Crippen LogP contribution in [-0.4, -0.2) is 31.1 Å². The lowest BCUT2D eigenvalue weighted by molar-refractivity contribution is 0.112. The molecule has 0 saturated carbocycles. The highest BCUT2D eigenvalue weighted by Gasteiger charge is 2.29. The molecule has 0 bridgehead atoms. The van der Waals surface area contributed by atoms with Gasteiger partial charge in [0, 0.05) is 18.6 Å². The van der Waals surface area contributed by atoms with Gasteiger partial charge in [-0.3, -0.25) is 4.90 Å². The van der Waals surface area contributed by atoms with Gasteiger partial charge in [0.15, 0.2) is 0 Å². The van der Waals surface area contributed by atoms with Crippen molar-refractivity contribution in [2.24, 2.45) is 11.8 Å². The van der Waals surface area contributed by atoms with Gasteiger partial charge < -0.3 is 5.32 Å². The Bertz CT molecular complexity index is 359. The molecule has 0 saturated heterocycles. The molecule has 2 heteroatoms. The molecule has 1 rings (SSSR count). The summed E-state index contributed by atoms with van der Waals surface area (Å²) in [5.41, 5.74) is 1.39. The fraction of sp³-hybridized carbons (Fsp3) is 0.667. The maximum Gasteiger partial charge on any atom is 0.0478 e. The summed E-state index contributed by atoms with van der Waals surface area (Å²) in [6, 6.07) is 11.7. The number of benzene rings is 1. The highest BCUT2D eigenvalue weighted by Crippen LogP contribution is 2.27. The molecule has 1 aromatic carbocycles. The van der Waals surface area contributed by atoms with E-state index in [1.54, 1.807) is 0 Å². The summed E-state index contributed by atoms with van der Waals surface area (Å²) in [6.07, 6.45) is 0. The molecule has 0 radical (unpaired) electrons. The van der Waals surface area contributed by atoms with Gasteiger partial charge in [-0.2, -0.15) is 0 Å². The summed E-state index contributed by atoms with van der Waals surface area (Å²) in [5, 5.41) is 3.55. The zero-order chi connectivity index (χ0) is 15.1. The van der Waals surface area contributed by atoms with E-state index in [1.807, 2.05) is 0 Å². The number of rotatable bonds is 8. The van der Waals surface area contributed by atoms with Crippen LogP contribution in [0.25, 0.3) is 0 Å². The van der Waals surface area contributed by atoms with Crippen LogP contribution in [-0.2, 0) is 0 Å². The second-order valence-corrected chi connectivity index (χ2v) is 6.39. The second kappa shape index (κ2) is 8.43. The van der Waals surface area contributed by atoms with Crippen molar-refractivity contribution in [1.82, 2.24) is 10.2 Å². The highest BCUT2D eigenvalue weighted by atomic mass is 15.2. The van der Waals surface area contributed by atoms with Crippen LogP contribution in [0.5, 0.6) is 0 Å². The third-order valence-corrected chi connectivity index (χ3v) is 3.92. The first-order chi connectivity index (χ1) is 9.51. The predicted octanol–water partition coefficient (Wildman–Crippen LogP) is 3.95. The molecule has 114 valence electrons. The van der Waals surface area contributed by atoms with E-state index < -0.39 is 0 Å². The van der Waals surface area contributed by atoms with Gasteiger partial charge in [0.1, 0.15) is 0 Å². The Morgan fingerprint density at radius 2 is 1.65 bits per heavy atom. The van der Waals surface area contributed by atoms with Crippen LogP contribution in [0.15, 0.2) is 30.3 Å². The Labute approximate surface area is 125 Å². The molecule has 20 heavy (non-hydrogen) atoms. The van der Waals surface area contributed by atoms with Gasteiger partial charge in [-0.1, -0.05) is 65.0 Å². The first-order valence-corrected chi connectivity index (χ1v) is 7.97. The highest BCUT2D eigenvalue weighted by molar-refractivity contribution is 5.21. The number of likely N-dealkylation sites (N-methyl/N-ethyl adjacent to an activating group) is 2. The maximum atomic E-state index is 3.55. The molecule has 0 aliphatic carbocycles. The fourth-order valence-electron chi connectivity index (χ4n) is 3.14. The molecule has 2 unspecified atom stereocenters. The standard InChI is InChI=1S/C18H32N2/c1-7-20(13-14(2)3)18(15(4)5)17(19-6)16-11-9-8-10-12-16/h8-12,14-15,17-19H,7,13H2,1-6H3. The van der Waals surface area contributed by atoms with Gasteiger partial charge in [-0.25, -0.2) is 0 Å². The molecule has 0 fully saturated rings. The fourth-order valence-corrected chi connectivity index (χ4v) is 3.14. The van der Waals surface area contributed by atoms with Crippen molar-refractivity contribution in [3.05, 3.63) is 35.9 Å². The lowest BCUT2D eigenvalue weighted by Gasteiger charge is -2.40. The molecular weight excluding hydrogens is 244 g/mol. The summed E-state index contributed by atoms with van der Waals surface area (Å²) in [5.74, 6) is 1.32. The third-order valence-electron chi connectivity index (χ3n) is 3.92. The van der Waals surface area contributed by atoms with E-state index >= 15 is 0 Å². The Morgan fingerprint density at radius 3 is 2.05 bits per heavy atom. The van der Waals surface area contributed by atoms with Crippen molar-refractivity contribution in [3.63, 3.8) is 0 Å². The van der Waals surface area contributed by atoms with Crippen molar-refractivity contribution >= 4 is 0 Å². The molecule has 1 aromatic rings. The molecular formula is C18H32N2. The Hall–Kier alpha value is -0.860. The Morgan fingerprint density at radius 1 is 1.05 bits per heavy atom. The SMILES string of the molecule is CCN(CC(C)C)C(C(C)C)C(NC)c1ccccc1. The average molecular weight is 276 g/mol. The Kier molecular flexibility index (Phi) is 7.25. The third kappa shape index (κ3) is 4.60. The Balaban J connectivity index is 3.03.